The third-order valence-corrected chi connectivity index (χ3v) is 4.65. The largest absolute Gasteiger partial charge is 0.464 e. The second-order valence-electron chi connectivity index (χ2n) is 6.33. The number of aromatic nitrogens is 1. The van der Waals surface area contributed by atoms with Crippen molar-refractivity contribution in [3.05, 3.63) is 46.9 Å². The number of methoxy groups -OCH3 is 1. The molecule has 1 aromatic carbocycles. The van der Waals surface area contributed by atoms with Crippen molar-refractivity contribution in [2.24, 2.45) is 11.7 Å². The Hall–Kier alpha value is -2.94. The zero-order valence-corrected chi connectivity index (χ0v) is 16.5. The molecule has 0 radical (unpaired) electrons. The van der Waals surface area contributed by atoms with Crippen LogP contribution in [0.25, 0.3) is 0 Å². The zero-order chi connectivity index (χ0) is 21.4. The van der Waals surface area contributed by atoms with Crippen LogP contribution < -0.4 is 11.1 Å². The van der Waals surface area contributed by atoms with Gasteiger partial charge in [0, 0.05) is 5.92 Å². The molecule has 10 heteroatoms. The van der Waals surface area contributed by atoms with Gasteiger partial charge in [0.25, 0.3) is 5.91 Å². The van der Waals surface area contributed by atoms with Crippen LogP contribution in [0, 0.1) is 11.7 Å². The van der Waals surface area contributed by atoms with E-state index in [1.54, 1.807) is 0 Å². The number of amides is 2. The van der Waals surface area contributed by atoms with Gasteiger partial charge in [-0.2, -0.15) is 0 Å². The standard InChI is InChI=1S/C13H15ClFNO.C6H6N2O4/c14-11-8-10(15)6-7-12(11)16-13(17)9-4-2-1-3-5-9;1-11-6(10)3-4(5(7)9)12-2-8-3/h6-9H,1-5H2,(H,16,17);2H,1H3,(H2,7,9). The van der Waals surface area contributed by atoms with Crippen molar-refractivity contribution in [1.82, 2.24) is 4.98 Å². The molecule has 0 spiro atoms. The minimum absolute atomic E-state index is 0.00166. The first-order chi connectivity index (χ1) is 13.8. The van der Waals surface area contributed by atoms with E-state index in [4.69, 9.17) is 17.3 Å². The molecule has 0 unspecified atom stereocenters. The summed E-state index contributed by atoms with van der Waals surface area (Å²) in [6, 6.07) is 4.00. The number of ether oxygens (including phenoxy) is 1. The summed E-state index contributed by atoms with van der Waals surface area (Å²) in [5, 5.41) is 3.01. The Morgan fingerprint density at radius 1 is 1.28 bits per heavy atom. The van der Waals surface area contributed by atoms with Crippen molar-refractivity contribution in [1.29, 1.82) is 0 Å². The van der Waals surface area contributed by atoms with Gasteiger partial charge in [0.15, 0.2) is 12.1 Å². The number of nitrogens with one attached hydrogen (secondary N) is 1. The van der Waals surface area contributed by atoms with Gasteiger partial charge in [-0.1, -0.05) is 30.9 Å². The van der Waals surface area contributed by atoms with E-state index in [0.717, 1.165) is 32.1 Å². The van der Waals surface area contributed by atoms with Crippen molar-refractivity contribution >= 4 is 35.1 Å². The number of nitrogens with two attached hydrogens (primary N) is 1. The quantitative estimate of drug-likeness (QED) is 0.721. The Bertz CT molecular complexity index is 880. The van der Waals surface area contributed by atoms with Crippen LogP contribution in [-0.2, 0) is 9.53 Å². The van der Waals surface area contributed by atoms with Gasteiger partial charge in [-0.15, -0.1) is 0 Å². The highest BCUT2D eigenvalue weighted by Crippen LogP contribution is 2.27. The van der Waals surface area contributed by atoms with Crippen LogP contribution in [-0.4, -0.2) is 29.9 Å². The topological polar surface area (TPSA) is 125 Å². The highest BCUT2D eigenvalue weighted by Gasteiger charge is 2.22. The normalized spacial score (nSPS) is 13.8. The van der Waals surface area contributed by atoms with Gasteiger partial charge in [0.1, 0.15) is 5.82 Å². The van der Waals surface area contributed by atoms with E-state index in [1.807, 2.05) is 0 Å². The molecule has 1 heterocycles. The van der Waals surface area contributed by atoms with E-state index in [1.165, 1.54) is 31.7 Å². The number of nitrogens with zero attached hydrogens (tertiary/aromatic N) is 1. The number of benzene rings is 1. The Kier molecular flexibility index (Phi) is 8.14. The maximum Gasteiger partial charge on any atom is 0.360 e. The number of carbonyl (C=O) groups excluding carboxylic acids is 3. The summed E-state index contributed by atoms with van der Waals surface area (Å²) in [7, 11) is 1.17. The summed E-state index contributed by atoms with van der Waals surface area (Å²) in [4.78, 5) is 36.8. The number of carbonyl (C=O) groups is 3. The molecule has 2 aromatic rings. The van der Waals surface area contributed by atoms with Crippen LogP contribution in [0.4, 0.5) is 10.1 Å². The number of oxazole rings is 1. The molecule has 156 valence electrons. The Labute approximate surface area is 171 Å². The summed E-state index contributed by atoms with van der Waals surface area (Å²) >= 11 is 5.86. The van der Waals surface area contributed by atoms with E-state index < -0.39 is 17.7 Å². The molecule has 1 aliphatic carbocycles. The molecule has 2 amide bonds. The minimum atomic E-state index is -0.854. The van der Waals surface area contributed by atoms with Crippen LogP contribution in [0.2, 0.25) is 5.02 Å². The van der Waals surface area contributed by atoms with E-state index in [0.29, 0.717) is 5.69 Å². The average molecular weight is 426 g/mol. The van der Waals surface area contributed by atoms with Crippen molar-refractivity contribution in [2.45, 2.75) is 32.1 Å². The SMILES string of the molecule is COC(=O)c1ncoc1C(N)=O.O=C(Nc1ccc(F)cc1Cl)C1CCCCC1. The second kappa shape index (κ2) is 10.6. The lowest BCUT2D eigenvalue weighted by Crippen LogP contribution is -2.24. The lowest BCUT2D eigenvalue weighted by Gasteiger charge is -2.21. The van der Waals surface area contributed by atoms with Gasteiger partial charge < -0.3 is 20.2 Å². The average Bonchev–Trinajstić information content (AvgIpc) is 3.21. The summed E-state index contributed by atoms with van der Waals surface area (Å²) in [5.41, 5.74) is 5.16. The highest BCUT2D eigenvalue weighted by atomic mass is 35.5. The number of hydrogen-bond acceptors (Lipinski definition) is 6. The number of hydrogen-bond donors (Lipinski definition) is 2. The van der Waals surface area contributed by atoms with Crippen LogP contribution >= 0.6 is 11.6 Å². The first kappa shape index (κ1) is 22.4. The molecule has 3 rings (SSSR count). The van der Waals surface area contributed by atoms with Crippen molar-refractivity contribution in [3.63, 3.8) is 0 Å². The van der Waals surface area contributed by atoms with Crippen LogP contribution in [0.5, 0.6) is 0 Å². The number of primary amides is 1. The third-order valence-electron chi connectivity index (χ3n) is 4.33. The minimum Gasteiger partial charge on any atom is -0.464 e. The zero-order valence-electron chi connectivity index (χ0n) is 15.7. The van der Waals surface area contributed by atoms with Gasteiger partial charge in [-0.25, -0.2) is 14.2 Å². The van der Waals surface area contributed by atoms with Crippen molar-refractivity contribution < 1.29 is 27.9 Å². The summed E-state index contributed by atoms with van der Waals surface area (Å²) in [5.74, 6) is -2.22. The maximum absolute atomic E-state index is 12.8. The lowest BCUT2D eigenvalue weighted by molar-refractivity contribution is -0.120. The summed E-state index contributed by atoms with van der Waals surface area (Å²) < 4.78 is 21.7. The van der Waals surface area contributed by atoms with E-state index in [-0.39, 0.29) is 28.3 Å². The molecule has 1 aliphatic rings. The van der Waals surface area contributed by atoms with Crippen LogP contribution in [0.15, 0.2) is 29.0 Å². The van der Waals surface area contributed by atoms with Gasteiger partial charge in [-0.05, 0) is 31.0 Å². The number of rotatable bonds is 4. The monoisotopic (exact) mass is 425 g/mol. The molecular weight excluding hydrogens is 405 g/mol. The van der Waals surface area contributed by atoms with Crippen LogP contribution in [0.1, 0.15) is 53.1 Å². The molecule has 0 atom stereocenters. The van der Waals surface area contributed by atoms with Gasteiger partial charge in [0.05, 0.1) is 17.8 Å². The summed E-state index contributed by atoms with van der Waals surface area (Å²) in [6.45, 7) is 0. The van der Waals surface area contributed by atoms with Crippen molar-refractivity contribution in [3.8, 4) is 0 Å². The Balaban J connectivity index is 0.000000221. The molecule has 29 heavy (non-hydrogen) atoms. The molecular formula is C19H21ClFN3O5. The third kappa shape index (κ3) is 6.28. The molecule has 1 saturated carbocycles. The van der Waals surface area contributed by atoms with Gasteiger partial charge >= 0.3 is 5.97 Å². The predicted molar refractivity (Wildman–Crippen MR) is 103 cm³/mol. The van der Waals surface area contributed by atoms with Gasteiger partial charge in [-0.3, -0.25) is 9.59 Å². The number of anilines is 1. The first-order valence-corrected chi connectivity index (χ1v) is 9.28. The van der Waals surface area contributed by atoms with Gasteiger partial charge in [0.2, 0.25) is 11.7 Å². The van der Waals surface area contributed by atoms with E-state index in [2.05, 4.69) is 19.5 Å². The Morgan fingerprint density at radius 2 is 1.97 bits per heavy atom. The molecule has 0 saturated heterocycles. The van der Waals surface area contributed by atoms with Crippen molar-refractivity contribution in [2.75, 3.05) is 12.4 Å². The molecule has 0 aliphatic heterocycles. The molecule has 1 fully saturated rings. The summed E-state index contributed by atoms with van der Waals surface area (Å²) in [6.07, 6.45) is 6.24. The second-order valence-corrected chi connectivity index (χ2v) is 6.74. The van der Waals surface area contributed by atoms with E-state index in [9.17, 15) is 18.8 Å². The first-order valence-electron chi connectivity index (χ1n) is 8.91. The molecule has 1 aromatic heterocycles. The molecule has 3 N–H and O–H groups in total. The number of halogens is 2. The predicted octanol–water partition coefficient (Wildman–Crippen LogP) is 3.56. The lowest BCUT2D eigenvalue weighted by atomic mass is 9.88. The Morgan fingerprint density at radius 3 is 2.55 bits per heavy atom. The maximum atomic E-state index is 12.8. The highest BCUT2D eigenvalue weighted by molar-refractivity contribution is 6.33. The molecule has 0 bridgehead atoms. The fourth-order valence-corrected chi connectivity index (χ4v) is 3.07. The van der Waals surface area contributed by atoms with E-state index >= 15 is 0 Å². The fourth-order valence-electron chi connectivity index (χ4n) is 2.85. The van der Waals surface area contributed by atoms with Crippen LogP contribution in [0.3, 0.4) is 0 Å². The molecule has 8 nitrogen and oxygen atoms in total. The number of esters is 1. The fraction of sp³-hybridized carbons (Fsp3) is 0.368. The smallest absolute Gasteiger partial charge is 0.360 e.